The highest BCUT2D eigenvalue weighted by molar-refractivity contribution is 6.02. The molecule has 0 heterocycles. The molecule has 1 unspecified atom stereocenters. The highest BCUT2D eigenvalue weighted by Gasteiger charge is 2.63. The summed E-state index contributed by atoms with van der Waals surface area (Å²) < 4.78 is 16.4. The second-order valence-electron chi connectivity index (χ2n) is 7.46. The van der Waals surface area contributed by atoms with Crippen LogP contribution in [0.1, 0.15) is 61.3 Å². The third-order valence-corrected chi connectivity index (χ3v) is 3.24. The molecule has 1 atom stereocenters. The second kappa shape index (κ2) is 5.95. The van der Waals surface area contributed by atoms with Crippen LogP contribution in [0.2, 0.25) is 0 Å². The fourth-order valence-electron chi connectivity index (χ4n) is 2.27. The van der Waals surface area contributed by atoms with E-state index in [0.717, 1.165) is 0 Å². The van der Waals surface area contributed by atoms with Gasteiger partial charge in [-0.25, -0.2) is 0 Å². The lowest BCUT2D eigenvalue weighted by Crippen LogP contribution is -2.60. The van der Waals surface area contributed by atoms with E-state index in [1.165, 1.54) is 0 Å². The summed E-state index contributed by atoms with van der Waals surface area (Å²) in [6.07, 6.45) is 0.598. The van der Waals surface area contributed by atoms with Gasteiger partial charge in [-0.2, -0.15) is 0 Å². The van der Waals surface area contributed by atoms with E-state index in [4.69, 9.17) is 14.2 Å². The molecule has 0 amide bonds. The molecule has 0 N–H and O–H groups in total. The average Bonchev–Trinajstić information content (AvgIpc) is 2.19. The summed E-state index contributed by atoms with van der Waals surface area (Å²) in [6, 6.07) is 0. The number of hydrogen-bond donors (Lipinski definition) is 0. The van der Waals surface area contributed by atoms with Crippen molar-refractivity contribution in [1.82, 2.24) is 0 Å². The molecule has 122 valence electrons. The Bertz CT molecular complexity index is 372. The molecule has 1 aliphatic rings. The molecular formula is C16H28O5. The van der Waals surface area contributed by atoms with Crippen LogP contribution in [0.3, 0.4) is 0 Å². The van der Waals surface area contributed by atoms with Crippen molar-refractivity contribution in [3.8, 4) is 0 Å². The third kappa shape index (κ3) is 4.19. The Labute approximate surface area is 127 Å². The number of hydrogen-bond acceptors (Lipinski definition) is 5. The van der Waals surface area contributed by atoms with Crippen molar-refractivity contribution in [1.29, 1.82) is 0 Å². The topological polar surface area (TPSA) is 61.8 Å². The summed E-state index contributed by atoms with van der Waals surface area (Å²) in [5, 5.41) is 0. The fraction of sp³-hybridized carbons (Fsp3) is 0.875. The lowest BCUT2D eigenvalue weighted by molar-refractivity contribution is -0.212. The molecule has 21 heavy (non-hydrogen) atoms. The van der Waals surface area contributed by atoms with E-state index in [2.05, 4.69) is 0 Å². The molecule has 0 saturated heterocycles. The van der Waals surface area contributed by atoms with Crippen LogP contribution in [0.4, 0.5) is 0 Å². The van der Waals surface area contributed by atoms with Crippen molar-refractivity contribution >= 4 is 11.9 Å². The summed E-state index contributed by atoms with van der Waals surface area (Å²) >= 11 is 0. The van der Waals surface area contributed by atoms with Crippen LogP contribution in [0.25, 0.3) is 0 Å². The number of esters is 2. The van der Waals surface area contributed by atoms with Crippen LogP contribution in [0.5, 0.6) is 0 Å². The van der Waals surface area contributed by atoms with Crippen LogP contribution in [-0.2, 0) is 23.8 Å². The van der Waals surface area contributed by atoms with Gasteiger partial charge in [0.25, 0.3) is 0 Å². The molecular weight excluding hydrogens is 272 g/mol. The van der Waals surface area contributed by atoms with E-state index < -0.39 is 34.7 Å². The molecule has 5 nitrogen and oxygen atoms in total. The Morgan fingerprint density at radius 1 is 1.00 bits per heavy atom. The van der Waals surface area contributed by atoms with Crippen molar-refractivity contribution in [3.63, 3.8) is 0 Å². The van der Waals surface area contributed by atoms with Crippen LogP contribution in [0.15, 0.2) is 0 Å². The molecule has 1 aliphatic carbocycles. The van der Waals surface area contributed by atoms with Gasteiger partial charge in [0, 0.05) is 6.61 Å². The molecule has 0 bridgehead atoms. The van der Waals surface area contributed by atoms with Gasteiger partial charge < -0.3 is 14.2 Å². The lowest BCUT2D eigenvalue weighted by atomic mass is 9.65. The van der Waals surface area contributed by atoms with Gasteiger partial charge in [-0.3, -0.25) is 9.59 Å². The molecule has 0 aromatic rings. The average molecular weight is 300 g/mol. The second-order valence-corrected chi connectivity index (χ2v) is 7.46. The smallest absolute Gasteiger partial charge is 0.326 e. The minimum atomic E-state index is -1.32. The van der Waals surface area contributed by atoms with E-state index in [0.29, 0.717) is 19.4 Å². The Kier molecular flexibility index (Phi) is 5.09. The van der Waals surface area contributed by atoms with Crippen molar-refractivity contribution in [2.45, 2.75) is 78.6 Å². The van der Waals surface area contributed by atoms with Gasteiger partial charge in [0.05, 0.1) is 6.10 Å². The number of carbonyl (C=O) groups is 2. The van der Waals surface area contributed by atoms with Gasteiger partial charge in [0.15, 0.2) is 5.41 Å². The zero-order chi connectivity index (χ0) is 16.5. The molecule has 0 aromatic heterocycles. The normalized spacial score (nSPS) is 21.4. The lowest BCUT2D eigenvalue weighted by Gasteiger charge is -2.46. The zero-order valence-electron chi connectivity index (χ0n) is 14.2. The Morgan fingerprint density at radius 2 is 1.43 bits per heavy atom. The predicted octanol–water partition coefficient (Wildman–Crippen LogP) is 2.86. The summed E-state index contributed by atoms with van der Waals surface area (Å²) in [7, 11) is 0. The first-order valence-corrected chi connectivity index (χ1v) is 7.51. The number of ether oxygens (including phenoxy) is 3. The first-order chi connectivity index (χ1) is 9.42. The van der Waals surface area contributed by atoms with Crippen LogP contribution >= 0.6 is 0 Å². The molecule has 1 rings (SSSR count). The van der Waals surface area contributed by atoms with Crippen molar-refractivity contribution in [3.05, 3.63) is 0 Å². The quantitative estimate of drug-likeness (QED) is 0.590. The maximum Gasteiger partial charge on any atom is 0.326 e. The van der Waals surface area contributed by atoms with Crippen LogP contribution in [0, 0.1) is 5.41 Å². The van der Waals surface area contributed by atoms with Crippen molar-refractivity contribution in [2.75, 3.05) is 6.61 Å². The minimum absolute atomic E-state index is 0.404. The first-order valence-electron chi connectivity index (χ1n) is 7.51. The van der Waals surface area contributed by atoms with Crippen molar-refractivity contribution in [2.24, 2.45) is 5.41 Å². The van der Waals surface area contributed by atoms with Crippen LogP contribution < -0.4 is 0 Å². The SMILES string of the molecule is CCOC1CCC1(C(=O)OC(C)(C)C)C(=O)OC(C)(C)C. The molecule has 0 spiro atoms. The van der Waals surface area contributed by atoms with E-state index in [9.17, 15) is 9.59 Å². The van der Waals surface area contributed by atoms with E-state index in [1.54, 1.807) is 41.5 Å². The Balaban J connectivity index is 3.02. The van der Waals surface area contributed by atoms with Gasteiger partial charge in [-0.1, -0.05) is 0 Å². The summed E-state index contributed by atoms with van der Waals surface area (Å²) in [5.74, 6) is -1.09. The summed E-state index contributed by atoms with van der Waals surface area (Å²) in [5.41, 5.74) is -2.63. The third-order valence-electron chi connectivity index (χ3n) is 3.24. The van der Waals surface area contributed by atoms with Gasteiger partial charge in [0.1, 0.15) is 11.2 Å². The number of rotatable bonds is 4. The Morgan fingerprint density at radius 3 is 1.67 bits per heavy atom. The molecule has 1 saturated carbocycles. The van der Waals surface area contributed by atoms with Gasteiger partial charge in [-0.05, 0) is 61.3 Å². The van der Waals surface area contributed by atoms with E-state index in [1.807, 2.05) is 6.92 Å². The largest absolute Gasteiger partial charge is 0.459 e. The van der Waals surface area contributed by atoms with E-state index in [-0.39, 0.29) is 0 Å². The summed E-state index contributed by atoms with van der Waals surface area (Å²) in [4.78, 5) is 25.1. The molecule has 0 aliphatic heterocycles. The zero-order valence-corrected chi connectivity index (χ0v) is 14.2. The monoisotopic (exact) mass is 300 g/mol. The van der Waals surface area contributed by atoms with Crippen LogP contribution in [-0.4, -0.2) is 35.9 Å². The molecule has 0 aromatic carbocycles. The van der Waals surface area contributed by atoms with Crippen molar-refractivity contribution < 1.29 is 23.8 Å². The first kappa shape index (κ1) is 18.0. The standard InChI is InChI=1S/C16H28O5/c1-8-19-11-9-10-16(11,12(17)20-14(2,3)4)13(18)21-15(5,6)7/h11H,8-10H2,1-7H3. The molecule has 1 fully saturated rings. The van der Waals surface area contributed by atoms with Gasteiger partial charge in [-0.15, -0.1) is 0 Å². The summed E-state index contributed by atoms with van der Waals surface area (Å²) in [6.45, 7) is 13.0. The number of carbonyl (C=O) groups excluding carboxylic acids is 2. The van der Waals surface area contributed by atoms with Gasteiger partial charge in [0.2, 0.25) is 0 Å². The Hall–Kier alpha value is -1.10. The molecule has 5 heteroatoms. The minimum Gasteiger partial charge on any atom is -0.459 e. The maximum atomic E-state index is 12.6. The van der Waals surface area contributed by atoms with Gasteiger partial charge >= 0.3 is 11.9 Å². The maximum absolute atomic E-state index is 12.6. The highest BCUT2D eigenvalue weighted by Crippen LogP contribution is 2.47. The van der Waals surface area contributed by atoms with E-state index >= 15 is 0 Å². The molecule has 0 radical (unpaired) electrons. The highest BCUT2D eigenvalue weighted by atomic mass is 16.6. The predicted molar refractivity (Wildman–Crippen MR) is 78.8 cm³/mol. The fourth-order valence-corrected chi connectivity index (χ4v) is 2.27.